The molecule has 5 rings (SSSR count). The number of ketones is 2. The first-order chi connectivity index (χ1) is 32.6. The molecule has 0 aromatic heterocycles. The minimum atomic E-state index is -1.62. The maximum Gasteiger partial charge on any atom is 0.258 e. The second-order valence-corrected chi connectivity index (χ2v) is 16.1. The van der Waals surface area contributed by atoms with Gasteiger partial charge in [0.05, 0.1) is 45.8 Å². The number of alkyl halides is 3. The zero-order chi connectivity index (χ0) is 49.5. The Hall–Kier alpha value is -6.43. The van der Waals surface area contributed by atoms with Crippen LogP contribution in [-0.2, 0) is 36.8 Å². The third-order valence-corrected chi connectivity index (χ3v) is 11.1. The molecule has 0 radical (unpaired) electrons. The summed E-state index contributed by atoms with van der Waals surface area (Å²) in [6.45, 7) is 6.91. The molecule has 2 atom stereocenters. The van der Waals surface area contributed by atoms with Crippen LogP contribution in [0.3, 0.4) is 0 Å². The van der Waals surface area contributed by atoms with Gasteiger partial charge in [-0.25, -0.2) is 0 Å². The van der Waals surface area contributed by atoms with Gasteiger partial charge in [-0.05, 0) is 135 Å². The van der Waals surface area contributed by atoms with Gasteiger partial charge in [-0.2, -0.15) is 20.5 Å². The Morgan fingerprint density at radius 3 is 1.32 bits per heavy atom. The molecule has 4 N–H and O–H groups in total. The summed E-state index contributed by atoms with van der Waals surface area (Å²) in [5.41, 5.74) is 3.14. The summed E-state index contributed by atoms with van der Waals surface area (Å²) in [7, 11) is 0. The molecule has 21 heteroatoms. The average molecular weight is 1030 g/mol. The third kappa shape index (κ3) is 14.1. The number of anilines is 4. The van der Waals surface area contributed by atoms with E-state index in [9.17, 15) is 28.8 Å². The average Bonchev–Trinajstić information content (AvgIpc) is 3.31. The smallest absolute Gasteiger partial charge is 0.258 e. The number of rotatable bonds is 21. The molecular formula is C47H43Cl5N8O8. The van der Waals surface area contributed by atoms with Crippen LogP contribution in [0, 0.1) is 0 Å². The van der Waals surface area contributed by atoms with Crippen molar-refractivity contribution >= 4 is 127 Å². The lowest BCUT2D eigenvalue weighted by Crippen LogP contribution is -2.32. The van der Waals surface area contributed by atoms with Crippen molar-refractivity contribution in [1.82, 2.24) is 0 Å². The zero-order valence-corrected chi connectivity index (χ0v) is 40.6. The summed E-state index contributed by atoms with van der Waals surface area (Å²) in [5.74, 6) is -2.91. The maximum absolute atomic E-state index is 13.4. The van der Waals surface area contributed by atoms with E-state index in [1.54, 1.807) is 36.4 Å². The van der Waals surface area contributed by atoms with Gasteiger partial charge >= 0.3 is 0 Å². The summed E-state index contributed by atoms with van der Waals surface area (Å²) >= 11 is 31.2. The van der Waals surface area contributed by atoms with E-state index >= 15 is 0 Å². The second kappa shape index (κ2) is 25.1. The van der Waals surface area contributed by atoms with Crippen LogP contribution in [0.1, 0.15) is 65.1 Å². The van der Waals surface area contributed by atoms with Gasteiger partial charge in [-0.15, -0.1) is 34.8 Å². The number of halogens is 5. The number of Topliss-reactive ketones (excluding diaryl/α,β-unsaturated/α-hetero) is 2. The molecule has 0 saturated carbocycles. The summed E-state index contributed by atoms with van der Waals surface area (Å²) in [6, 6.07) is 19.6. The van der Waals surface area contributed by atoms with Crippen molar-refractivity contribution in [3.8, 4) is 11.5 Å². The predicted molar refractivity (Wildman–Crippen MR) is 264 cm³/mol. The topological polar surface area (TPSA) is 218 Å². The van der Waals surface area contributed by atoms with Crippen molar-refractivity contribution in [1.29, 1.82) is 0 Å². The van der Waals surface area contributed by atoms with Crippen LogP contribution in [0.25, 0.3) is 0 Å². The highest BCUT2D eigenvalue weighted by Gasteiger charge is 2.26. The highest BCUT2D eigenvalue weighted by Crippen LogP contribution is 2.30. The molecule has 2 unspecified atom stereocenters. The summed E-state index contributed by atoms with van der Waals surface area (Å²) in [4.78, 5) is 78.7. The van der Waals surface area contributed by atoms with Crippen LogP contribution in [0.5, 0.6) is 11.5 Å². The largest absolute Gasteiger partial charge is 0.494 e. The molecule has 0 spiro atoms. The number of benzene rings is 5. The van der Waals surface area contributed by atoms with Crippen LogP contribution in [0.15, 0.2) is 111 Å². The van der Waals surface area contributed by atoms with E-state index in [4.69, 9.17) is 67.5 Å². The van der Waals surface area contributed by atoms with E-state index in [1.165, 1.54) is 54.6 Å². The SMILES string of the molecule is CCOc1ccc(NC(=O)c2cc(N=NC(C(C)=O)C(=O)Nc3ccc(NC(=O)C(N=Nc4ccc(Cl)c(C(=O)Nc5ccc(OCC)cc5CCl)c4)C(C)=O)c(CCl)c3)ccc2Cl)c(CCl)c1. The Morgan fingerprint density at radius 2 is 0.912 bits per heavy atom. The molecular weight excluding hydrogens is 982 g/mol. The fourth-order valence-electron chi connectivity index (χ4n) is 6.20. The number of ether oxygens (including phenoxy) is 2. The Balaban J connectivity index is 1.25. The minimum Gasteiger partial charge on any atom is -0.494 e. The molecule has 68 heavy (non-hydrogen) atoms. The highest BCUT2D eigenvalue weighted by molar-refractivity contribution is 6.35. The number of carbonyl (C=O) groups is 6. The predicted octanol–water partition coefficient (Wildman–Crippen LogP) is 11.9. The lowest BCUT2D eigenvalue weighted by molar-refractivity contribution is -0.127. The van der Waals surface area contributed by atoms with Crippen molar-refractivity contribution in [2.75, 3.05) is 34.5 Å². The molecule has 16 nitrogen and oxygen atoms in total. The molecule has 0 aliphatic heterocycles. The number of azo groups is 2. The van der Waals surface area contributed by atoms with Crippen molar-refractivity contribution in [3.63, 3.8) is 0 Å². The van der Waals surface area contributed by atoms with Crippen LogP contribution < -0.4 is 30.7 Å². The number of amides is 4. The number of nitrogens with one attached hydrogen (secondary N) is 4. The van der Waals surface area contributed by atoms with Gasteiger partial charge < -0.3 is 30.7 Å². The van der Waals surface area contributed by atoms with Crippen LogP contribution in [0.4, 0.5) is 34.1 Å². The molecule has 0 fully saturated rings. The van der Waals surface area contributed by atoms with Crippen molar-refractivity contribution in [3.05, 3.63) is 129 Å². The molecule has 5 aromatic rings. The molecule has 4 amide bonds. The van der Waals surface area contributed by atoms with E-state index in [-0.39, 0.29) is 61.6 Å². The molecule has 0 heterocycles. The van der Waals surface area contributed by atoms with E-state index in [1.807, 2.05) is 13.8 Å². The number of carbonyl (C=O) groups excluding carboxylic acids is 6. The molecule has 0 bridgehead atoms. The quantitative estimate of drug-likeness (QED) is 0.0314. The van der Waals surface area contributed by atoms with Gasteiger partial charge in [0.15, 0.2) is 11.6 Å². The molecule has 354 valence electrons. The summed E-state index contributed by atoms with van der Waals surface area (Å²) in [5, 5.41) is 27.1. The Labute approximate surface area is 416 Å². The standard InChI is InChI=1S/C47H43Cl5N8O8/c1-5-67-33-10-15-40(28(18-33)23-49)54-44(63)35-20-31(7-12-37(35)51)57-59-42(25(3)61)46(65)53-30-9-14-39(27(17-30)22-48)56-47(66)43(26(4)62)60-58-32-8-13-38(52)36(21-32)45(64)55-41-16-11-34(68-6-2)19-29(41)24-50/h7-21,42-43H,5-6,22-24H2,1-4H3,(H,53,65)(H,54,63)(H,55,64)(H,56,66). The molecule has 0 saturated heterocycles. The second-order valence-electron chi connectivity index (χ2n) is 14.4. The van der Waals surface area contributed by atoms with Gasteiger partial charge in [0.2, 0.25) is 12.1 Å². The highest BCUT2D eigenvalue weighted by atomic mass is 35.5. The molecule has 5 aromatic carbocycles. The normalized spacial score (nSPS) is 12.0. The van der Waals surface area contributed by atoms with Gasteiger partial charge in [-0.3, -0.25) is 28.8 Å². The van der Waals surface area contributed by atoms with Crippen LogP contribution in [0.2, 0.25) is 10.0 Å². The first-order valence-corrected chi connectivity index (χ1v) is 22.9. The van der Waals surface area contributed by atoms with Gasteiger partial charge in [0, 0.05) is 40.4 Å². The summed E-state index contributed by atoms with van der Waals surface area (Å²) < 4.78 is 11.0. The van der Waals surface area contributed by atoms with E-state index in [2.05, 4.69) is 41.7 Å². The van der Waals surface area contributed by atoms with Crippen molar-refractivity contribution in [2.45, 2.75) is 57.4 Å². The monoisotopic (exact) mass is 1020 g/mol. The fraction of sp³-hybridized carbons (Fsp3) is 0.234. The molecule has 0 aliphatic rings. The zero-order valence-electron chi connectivity index (χ0n) is 36.8. The Kier molecular flexibility index (Phi) is 19.4. The lowest BCUT2D eigenvalue weighted by atomic mass is 10.1. The van der Waals surface area contributed by atoms with E-state index in [0.29, 0.717) is 52.8 Å². The van der Waals surface area contributed by atoms with Gasteiger partial charge in [-0.1, -0.05) is 23.2 Å². The Bertz CT molecular complexity index is 2790. The number of hydrogen-bond acceptors (Lipinski definition) is 12. The van der Waals surface area contributed by atoms with E-state index in [0.717, 1.165) is 13.8 Å². The number of nitrogens with zero attached hydrogens (tertiary/aromatic N) is 4. The fourth-order valence-corrected chi connectivity index (χ4v) is 7.27. The Morgan fingerprint density at radius 1 is 0.515 bits per heavy atom. The summed E-state index contributed by atoms with van der Waals surface area (Å²) in [6.07, 6.45) is 0. The first kappa shape index (κ1) is 52.5. The first-order valence-electron chi connectivity index (χ1n) is 20.6. The lowest BCUT2D eigenvalue weighted by Gasteiger charge is -2.15. The van der Waals surface area contributed by atoms with Gasteiger partial charge in [0.25, 0.3) is 23.6 Å². The molecule has 0 aliphatic carbocycles. The van der Waals surface area contributed by atoms with E-state index < -0.39 is 47.3 Å². The maximum atomic E-state index is 13.4. The third-order valence-electron chi connectivity index (χ3n) is 9.57. The minimum absolute atomic E-state index is 0.0402. The van der Waals surface area contributed by atoms with Crippen LogP contribution in [-0.4, -0.2) is 60.5 Å². The van der Waals surface area contributed by atoms with Crippen LogP contribution >= 0.6 is 58.0 Å². The number of hydrogen-bond donors (Lipinski definition) is 4. The van der Waals surface area contributed by atoms with Crippen molar-refractivity contribution in [2.24, 2.45) is 20.5 Å². The van der Waals surface area contributed by atoms with Gasteiger partial charge in [0.1, 0.15) is 11.5 Å². The van der Waals surface area contributed by atoms with Crippen molar-refractivity contribution < 1.29 is 38.2 Å².